The molecule has 3 aromatic carbocycles. The van der Waals surface area contributed by atoms with Crippen LogP contribution in [0, 0.1) is 0 Å². The van der Waals surface area contributed by atoms with Gasteiger partial charge < -0.3 is 9.47 Å². The quantitative estimate of drug-likeness (QED) is 0.377. The summed E-state index contributed by atoms with van der Waals surface area (Å²) in [5, 5.41) is 0. The summed E-state index contributed by atoms with van der Waals surface area (Å²) >= 11 is 6.89. The normalized spacial score (nSPS) is 10.3. The third-order valence-electron chi connectivity index (χ3n) is 4.50. The predicted molar refractivity (Wildman–Crippen MR) is 130 cm³/mol. The first-order valence-electron chi connectivity index (χ1n) is 9.93. The van der Waals surface area contributed by atoms with Crippen molar-refractivity contribution in [2.45, 2.75) is 13.3 Å². The third-order valence-corrected chi connectivity index (χ3v) is 5.74. The molecule has 0 atom stereocenters. The van der Waals surface area contributed by atoms with Crippen molar-refractivity contribution in [3.8, 4) is 22.6 Å². The fraction of sp³-hybridized carbons (Fsp3) is 0.167. The summed E-state index contributed by atoms with van der Waals surface area (Å²) in [5.41, 5.74) is 7.87. The number of hydrogen-bond donors (Lipinski definition) is 2. The van der Waals surface area contributed by atoms with Crippen LogP contribution in [0.4, 0.5) is 0 Å². The molecule has 0 unspecified atom stereocenters. The van der Waals surface area contributed by atoms with Crippen molar-refractivity contribution in [2.75, 3.05) is 13.2 Å². The monoisotopic (exact) mass is 560 g/mol. The van der Waals surface area contributed by atoms with Gasteiger partial charge in [-0.3, -0.25) is 20.4 Å². The van der Waals surface area contributed by atoms with Crippen molar-refractivity contribution in [1.29, 1.82) is 0 Å². The summed E-state index contributed by atoms with van der Waals surface area (Å²) in [4.78, 5) is 23.9. The van der Waals surface area contributed by atoms with E-state index in [1.165, 1.54) is 0 Å². The number of hydrogen-bond acceptors (Lipinski definition) is 4. The van der Waals surface area contributed by atoms with Crippen LogP contribution in [0.3, 0.4) is 0 Å². The molecule has 0 aliphatic rings. The molecule has 0 saturated carbocycles. The number of rotatable bonds is 8. The molecule has 32 heavy (non-hydrogen) atoms. The molecule has 166 valence electrons. The molecule has 6 nitrogen and oxygen atoms in total. The van der Waals surface area contributed by atoms with Crippen molar-refractivity contribution < 1.29 is 19.1 Å². The maximum atomic E-state index is 12.0. The second kappa shape index (κ2) is 11.7. The lowest BCUT2D eigenvalue weighted by Gasteiger charge is -2.12. The first-order chi connectivity index (χ1) is 15.5. The molecule has 0 aliphatic carbocycles. The van der Waals surface area contributed by atoms with Crippen molar-refractivity contribution in [3.05, 3.63) is 81.2 Å². The number of amides is 2. The number of benzene rings is 3. The number of aryl methyl sites for hydroxylation is 1. The van der Waals surface area contributed by atoms with E-state index in [0.29, 0.717) is 11.5 Å². The van der Waals surface area contributed by atoms with Crippen LogP contribution in [0.2, 0.25) is 0 Å². The zero-order valence-electron chi connectivity index (χ0n) is 17.4. The van der Waals surface area contributed by atoms with Crippen LogP contribution >= 0.6 is 31.9 Å². The maximum absolute atomic E-state index is 12.0. The predicted octanol–water partition coefficient (Wildman–Crippen LogP) is 5.05. The Kier molecular flexibility index (Phi) is 8.70. The summed E-state index contributed by atoms with van der Waals surface area (Å²) in [6.07, 6.45) is 0.904. The molecule has 0 spiro atoms. The number of ether oxygens (including phenoxy) is 2. The van der Waals surface area contributed by atoms with Gasteiger partial charge in [0.25, 0.3) is 11.8 Å². The van der Waals surface area contributed by atoms with Crippen LogP contribution in [0.5, 0.6) is 11.5 Å². The third kappa shape index (κ3) is 6.83. The highest BCUT2D eigenvalue weighted by Gasteiger charge is 2.10. The minimum Gasteiger partial charge on any atom is -0.483 e. The Balaban J connectivity index is 1.42. The molecule has 0 bridgehead atoms. The van der Waals surface area contributed by atoms with E-state index < -0.39 is 11.8 Å². The molecule has 3 rings (SSSR count). The fourth-order valence-electron chi connectivity index (χ4n) is 2.81. The summed E-state index contributed by atoms with van der Waals surface area (Å²) in [5.74, 6) is 0.0924. The smallest absolute Gasteiger partial charge is 0.276 e. The molecular weight excluding hydrogens is 540 g/mol. The number of nitrogens with one attached hydrogen (secondary N) is 2. The van der Waals surface area contributed by atoms with Gasteiger partial charge in [0.2, 0.25) is 0 Å². The average molecular weight is 562 g/mol. The average Bonchev–Trinajstić information content (AvgIpc) is 2.81. The number of hydrazine groups is 1. The van der Waals surface area contributed by atoms with Gasteiger partial charge in [0.15, 0.2) is 13.2 Å². The lowest BCUT2D eigenvalue weighted by atomic mass is 10.1. The Hall–Kier alpha value is -2.84. The molecule has 2 N–H and O–H groups in total. The minimum atomic E-state index is -0.495. The van der Waals surface area contributed by atoms with Gasteiger partial charge in [-0.25, -0.2) is 0 Å². The van der Waals surface area contributed by atoms with E-state index in [0.717, 1.165) is 32.1 Å². The maximum Gasteiger partial charge on any atom is 0.276 e. The second-order valence-electron chi connectivity index (χ2n) is 6.80. The van der Waals surface area contributed by atoms with E-state index in [9.17, 15) is 9.59 Å². The van der Waals surface area contributed by atoms with E-state index in [1.54, 1.807) is 12.1 Å². The molecule has 0 aliphatic heterocycles. The highest BCUT2D eigenvalue weighted by molar-refractivity contribution is 9.10. The lowest BCUT2D eigenvalue weighted by Crippen LogP contribution is -2.45. The first-order valence-corrected chi connectivity index (χ1v) is 11.5. The zero-order valence-corrected chi connectivity index (χ0v) is 20.5. The molecule has 0 saturated heterocycles. The second-order valence-corrected chi connectivity index (χ2v) is 8.51. The van der Waals surface area contributed by atoms with E-state index in [1.807, 2.05) is 54.6 Å². The number of halogens is 2. The molecule has 3 aromatic rings. The van der Waals surface area contributed by atoms with Crippen LogP contribution < -0.4 is 20.3 Å². The Labute approximate surface area is 203 Å². The standard InChI is InChI=1S/C24H22Br2N2O4/c1-2-16-8-10-21(19(25)12-16)31-14-23(29)27-28-24(30)15-32-22-11-9-18(13-20(22)26)17-6-4-3-5-7-17/h3-13H,2,14-15H2,1H3,(H,27,29)(H,28,30). The van der Waals surface area contributed by atoms with Crippen molar-refractivity contribution >= 4 is 43.7 Å². The van der Waals surface area contributed by atoms with Gasteiger partial charge in [-0.15, -0.1) is 0 Å². The highest BCUT2D eigenvalue weighted by Crippen LogP contribution is 2.30. The van der Waals surface area contributed by atoms with Crippen molar-refractivity contribution in [1.82, 2.24) is 10.9 Å². The number of carbonyl (C=O) groups excluding carboxylic acids is 2. The van der Waals surface area contributed by atoms with E-state index >= 15 is 0 Å². The molecule has 2 amide bonds. The molecule has 0 fully saturated rings. The van der Waals surface area contributed by atoms with Crippen molar-refractivity contribution in [2.24, 2.45) is 0 Å². The largest absolute Gasteiger partial charge is 0.483 e. The number of carbonyl (C=O) groups is 2. The van der Waals surface area contributed by atoms with Crippen LogP contribution in [-0.4, -0.2) is 25.0 Å². The van der Waals surface area contributed by atoms with Crippen molar-refractivity contribution in [3.63, 3.8) is 0 Å². The molecule has 0 heterocycles. The first kappa shape index (κ1) is 23.8. The van der Waals surface area contributed by atoms with E-state index in [2.05, 4.69) is 49.6 Å². The highest BCUT2D eigenvalue weighted by atomic mass is 79.9. The summed E-state index contributed by atoms with van der Waals surface area (Å²) in [6.45, 7) is 1.56. The Morgan fingerprint density at radius 2 is 1.31 bits per heavy atom. The minimum absolute atomic E-state index is 0.238. The van der Waals surface area contributed by atoms with Crippen LogP contribution in [0.15, 0.2) is 75.7 Å². The Morgan fingerprint density at radius 1 is 0.750 bits per heavy atom. The van der Waals surface area contributed by atoms with Crippen LogP contribution in [-0.2, 0) is 16.0 Å². The SMILES string of the molecule is CCc1ccc(OCC(=O)NNC(=O)COc2ccc(-c3ccccc3)cc2Br)c(Br)c1. The lowest BCUT2D eigenvalue weighted by molar-refractivity contribution is -0.131. The Morgan fingerprint density at radius 3 is 1.84 bits per heavy atom. The van der Waals surface area contributed by atoms with Gasteiger partial charge in [-0.2, -0.15) is 0 Å². The van der Waals surface area contributed by atoms with Crippen LogP contribution in [0.25, 0.3) is 11.1 Å². The molecular formula is C24H22Br2N2O4. The van der Waals surface area contributed by atoms with Gasteiger partial charge in [0.05, 0.1) is 8.95 Å². The zero-order chi connectivity index (χ0) is 22.9. The summed E-state index contributed by atoms with van der Waals surface area (Å²) in [7, 11) is 0. The van der Waals surface area contributed by atoms with Crippen LogP contribution in [0.1, 0.15) is 12.5 Å². The van der Waals surface area contributed by atoms with Gasteiger partial charge in [0, 0.05) is 0 Å². The van der Waals surface area contributed by atoms with Gasteiger partial charge in [-0.05, 0) is 79.2 Å². The van der Waals surface area contributed by atoms with Gasteiger partial charge in [-0.1, -0.05) is 49.4 Å². The topological polar surface area (TPSA) is 76.7 Å². The molecule has 8 heteroatoms. The summed E-state index contributed by atoms with van der Waals surface area (Å²) in [6, 6.07) is 21.2. The molecule has 0 aromatic heterocycles. The van der Waals surface area contributed by atoms with Gasteiger partial charge in [0.1, 0.15) is 11.5 Å². The fourth-order valence-corrected chi connectivity index (χ4v) is 3.84. The van der Waals surface area contributed by atoms with E-state index in [-0.39, 0.29) is 13.2 Å². The van der Waals surface area contributed by atoms with Gasteiger partial charge >= 0.3 is 0 Å². The summed E-state index contributed by atoms with van der Waals surface area (Å²) < 4.78 is 12.5. The van der Waals surface area contributed by atoms with E-state index in [4.69, 9.17) is 9.47 Å². The Bertz CT molecular complexity index is 1090. The molecule has 0 radical (unpaired) electrons.